The Hall–Kier alpha value is -4.71. The van der Waals surface area contributed by atoms with Gasteiger partial charge in [0.2, 0.25) is 0 Å². The molecule has 2 heterocycles. The molecule has 4 rings (SSSR count). The zero-order chi connectivity index (χ0) is 26.2. The first kappa shape index (κ1) is 25.4. The summed E-state index contributed by atoms with van der Waals surface area (Å²) in [7, 11) is 3.95. The summed E-state index contributed by atoms with van der Waals surface area (Å²) in [6.45, 7) is 1.47. The molecule has 0 unspecified atom stereocenters. The fourth-order valence-corrected chi connectivity index (χ4v) is 3.18. The lowest BCUT2D eigenvalue weighted by atomic mass is 10.2. The lowest BCUT2D eigenvalue weighted by Crippen LogP contribution is -2.24. The van der Waals surface area contributed by atoms with Crippen molar-refractivity contribution in [3.8, 4) is 23.0 Å². The Balaban J connectivity index is 1.37. The Morgan fingerprint density at radius 2 is 1.95 bits per heavy atom. The summed E-state index contributed by atoms with van der Waals surface area (Å²) in [5.41, 5.74) is 3.59. The van der Waals surface area contributed by atoms with Crippen molar-refractivity contribution in [2.75, 3.05) is 26.0 Å². The predicted octanol–water partition coefficient (Wildman–Crippen LogP) is 4.13. The number of benzene rings is 2. The molecule has 2 N–H and O–H groups in total. The van der Waals surface area contributed by atoms with Crippen LogP contribution < -0.4 is 15.5 Å². The van der Waals surface area contributed by atoms with E-state index in [9.17, 15) is 13.6 Å². The molecule has 0 saturated heterocycles. The Kier molecular flexibility index (Phi) is 8.11. The molecule has 0 aliphatic heterocycles. The lowest BCUT2D eigenvalue weighted by molar-refractivity contribution is 0.252. The van der Waals surface area contributed by atoms with Gasteiger partial charge in [0.15, 0.2) is 17.4 Å². The number of pyridine rings is 1. The van der Waals surface area contributed by atoms with E-state index in [2.05, 4.69) is 31.0 Å². The Bertz CT molecular complexity index is 1390. The minimum atomic E-state index is -0.680. The molecule has 37 heavy (non-hydrogen) atoms. The van der Waals surface area contributed by atoms with Gasteiger partial charge < -0.3 is 19.5 Å². The number of anilines is 1. The van der Waals surface area contributed by atoms with Crippen LogP contribution in [-0.2, 0) is 6.54 Å². The second kappa shape index (κ2) is 11.8. The Morgan fingerprint density at radius 3 is 2.70 bits per heavy atom. The van der Waals surface area contributed by atoms with Gasteiger partial charge in [0, 0.05) is 37.1 Å². The summed E-state index contributed by atoms with van der Waals surface area (Å²) in [4.78, 5) is 18.4. The van der Waals surface area contributed by atoms with Crippen LogP contribution in [0.2, 0.25) is 0 Å². The summed E-state index contributed by atoms with van der Waals surface area (Å²) in [5.74, 6) is -0.159. The molecule has 10 nitrogen and oxygen atoms in total. The van der Waals surface area contributed by atoms with Gasteiger partial charge in [0.1, 0.15) is 23.6 Å². The largest absolute Gasteiger partial charge is 0.454 e. The van der Waals surface area contributed by atoms with Crippen LogP contribution in [0, 0.1) is 11.6 Å². The quantitative estimate of drug-likeness (QED) is 0.261. The second-order valence-corrected chi connectivity index (χ2v) is 8.15. The van der Waals surface area contributed by atoms with Crippen molar-refractivity contribution in [3.05, 3.63) is 84.3 Å². The highest BCUT2D eigenvalue weighted by Gasteiger charge is 2.12. The first-order valence-corrected chi connectivity index (χ1v) is 11.2. The molecular formula is C25H24F2N8O2. The molecule has 2 aromatic heterocycles. The summed E-state index contributed by atoms with van der Waals surface area (Å²) in [6, 6.07) is 12.1. The van der Waals surface area contributed by atoms with Crippen LogP contribution >= 0.6 is 0 Å². The molecular weight excluding hydrogens is 482 g/mol. The first-order chi connectivity index (χ1) is 17.9. The van der Waals surface area contributed by atoms with Crippen LogP contribution in [0.25, 0.3) is 11.5 Å². The maximum Gasteiger partial charge on any atom is 0.339 e. The van der Waals surface area contributed by atoms with Gasteiger partial charge in [-0.1, -0.05) is 12.1 Å². The molecule has 0 fully saturated rings. The fraction of sp³-hybridized carbons (Fsp3) is 0.160. The van der Waals surface area contributed by atoms with Crippen LogP contribution in [0.3, 0.4) is 0 Å². The van der Waals surface area contributed by atoms with Gasteiger partial charge in [-0.25, -0.2) is 19.0 Å². The van der Waals surface area contributed by atoms with Gasteiger partial charge in [-0.15, -0.1) is 10.2 Å². The van der Waals surface area contributed by atoms with Crippen LogP contribution in [0.4, 0.5) is 19.3 Å². The molecule has 0 spiro atoms. The highest BCUT2D eigenvalue weighted by atomic mass is 19.1. The maximum absolute atomic E-state index is 14.7. The highest BCUT2D eigenvalue weighted by Crippen LogP contribution is 2.28. The van der Waals surface area contributed by atoms with E-state index >= 15 is 0 Å². The van der Waals surface area contributed by atoms with Crippen molar-refractivity contribution in [3.63, 3.8) is 0 Å². The molecule has 0 aliphatic carbocycles. The molecule has 0 aliphatic rings. The van der Waals surface area contributed by atoms with Crippen molar-refractivity contribution in [1.29, 1.82) is 0 Å². The predicted molar refractivity (Wildman–Crippen MR) is 134 cm³/mol. The van der Waals surface area contributed by atoms with Crippen LogP contribution in [0.15, 0.2) is 72.2 Å². The summed E-state index contributed by atoms with van der Waals surface area (Å²) >= 11 is 0. The Morgan fingerprint density at radius 1 is 1.14 bits per heavy atom. The van der Waals surface area contributed by atoms with E-state index in [1.807, 2.05) is 23.6 Å². The molecule has 0 atom stereocenters. The number of aromatic nitrogens is 4. The second-order valence-electron chi connectivity index (χ2n) is 8.15. The van der Waals surface area contributed by atoms with E-state index in [4.69, 9.17) is 4.74 Å². The van der Waals surface area contributed by atoms with Gasteiger partial charge in [0.05, 0.1) is 6.21 Å². The third-order valence-electron chi connectivity index (χ3n) is 5.03. The van der Waals surface area contributed by atoms with Crippen molar-refractivity contribution >= 4 is 17.9 Å². The number of nitrogens with zero attached hydrogens (tertiary/aromatic N) is 6. The minimum absolute atomic E-state index is 0.0356. The van der Waals surface area contributed by atoms with Crippen molar-refractivity contribution in [1.82, 2.24) is 30.1 Å². The summed E-state index contributed by atoms with van der Waals surface area (Å²) < 4.78 is 35.2. The van der Waals surface area contributed by atoms with E-state index < -0.39 is 11.8 Å². The molecule has 0 radical (unpaired) electrons. The van der Waals surface area contributed by atoms with Crippen LogP contribution in [-0.4, -0.2) is 57.5 Å². The molecule has 190 valence electrons. The average Bonchev–Trinajstić information content (AvgIpc) is 3.35. The number of ether oxygens (including phenoxy) is 1. The maximum atomic E-state index is 14.7. The van der Waals surface area contributed by atoms with Crippen molar-refractivity contribution in [2.45, 2.75) is 6.54 Å². The molecule has 4 aromatic rings. The van der Waals surface area contributed by atoms with E-state index in [1.165, 1.54) is 42.6 Å². The third-order valence-corrected chi connectivity index (χ3v) is 5.03. The van der Waals surface area contributed by atoms with Gasteiger partial charge >= 0.3 is 6.03 Å². The SMILES string of the molecule is CN(C)CCn1cnnc1-c1cc(Oc2ccc(NC(=O)N/N=C/c3ccc(F)cc3)cc2F)ccn1. The number of urea groups is 1. The zero-order valence-electron chi connectivity index (χ0n) is 20.1. The normalized spacial score (nSPS) is 11.2. The number of hydrazone groups is 1. The van der Waals surface area contributed by atoms with Crippen molar-refractivity contribution < 1.29 is 18.3 Å². The van der Waals surface area contributed by atoms with Gasteiger partial charge in [0.25, 0.3) is 0 Å². The van der Waals surface area contributed by atoms with Crippen molar-refractivity contribution in [2.24, 2.45) is 5.10 Å². The lowest BCUT2D eigenvalue weighted by Gasteiger charge is -2.12. The number of hydrogen-bond donors (Lipinski definition) is 2. The molecule has 12 heteroatoms. The number of nitrogens with one attached hydrogen (secondary N) is 2. The topological polar surface area (TPSA) is 110 Å². The summed E-state index contributed by atoms with van der Waals surface area (Å²) in [6.07, 6.45) is 4.52. The summed E-state index contributed by atoms with van der Waals surface area (Å²) in [5, 5.41) is 14.4. The fourth-order valence-electron chi connectivity index (χ4n) is 3.18. The first-order valence-electron chi connectivity index (χ1n) is 11.2. The standard InChI is InChI=1S/C25H24F2N8O2/c1-34(2)11-12-35-16-30-32-24(35)22-14-20(9-10-28-22)37-23-8-7-19(13-21(23)27)31-25(36)33-29-15-17-3-5-18(26)6-4-17/h3-10,13-16H,11-12H2,1-2H3,(H2,31,33,36)/b29-15+. The van der Waals surface area contributed by atoms with Gasteiger partial charge in [-0.2, -0.15) is 5.10 Å². The molecule has 2 amide bonds. The molecule has 0 bridgehead atoms. The number of rotatable bonds is 9. The van der Waals surface area contributed by atoms with Crippen LogP contribution in [0.5, 0.6) is 11.5 Å². The number of amides is 2. The van der Waals surface area contributed by atoms with Crippen LogP contribution in [0.1, 0.15) is 5.56 Å². The third kappa shape index (κ3) is 7.15. The van der Waals surface area contributed by atoms with E-state index in [-0.39, 0.29) is 17.3 Å². The number of likely N-dealkylation sites (N-methyl/N-ethyl adjacent to an activating group) is 1. The zero-order valence-corrected chi connectivity index (χ0v) is 20.1. The molecule has 0 saturated carbocycles. The highest BCUT2D eigenvalue weighted by molar-refractivity contribution is 5.90. The monoisotopic (exact) mass is 506 g/mol. The number of carbonyl (C=O) groups is 1. The minimum Gasteiger partial charge on any atom is -0.454 e. The van der Waals surface area contributed by atoms with E-state index in [1.54, 1.807) is 24.7 Å². The average molecular weight is 507 g/mol. The number of halogens is 2. The molecule has 2 aromatic carbocycles. The number of hydrogen-bond acceptors (Lipinski definition) is 7. The van der Waals surface area contributed by atoms with E-state index in [0.29, 0.717) is 29.4 Å². The smallest absolute Gasteiger partial charge is 0.339 e. The van der Waals surface area contributed by atoms with E-state index in [0.717, 1.165) is 12.6 Å². The number of carbonyl (C=O) groups excluding carboxylic acids is 1. The van der Waals surface area contributed by atoms with Gasteiger partial charge in [-0.05, 0) is 50.0 Å². The Labute approximate surface area is 211 Å². The van der Waals surface area contributed by atoms with Gasteiger partial charge in [-0.3, -0.25) is 4.98 Å².